The zero-order chi connectivity index (χ0) is 24.4. The number of amides is 2. The van der Waals surface area contributed by atoms with Gasteiger partial charge in [-0.2, -0.15) is 0 Å². The Hall–Kier alpha value is -3.99. The predicted octanol–water partition coefficient (Wildman–Crippen LogP) is 4.48. The molecule has 35 heavy (non-hydrogen) atoms. The number of rotatable bonds is 6. The number of nitrogens with zero attached hydrogens (tertiary/aromatic N) is 1. The van der Waals surface area contributed by atoms with Gasteiger partial charge in [0.1, 0.15) is 0 Å². The number of imide groups is 1. The van der Waals surface area contributed by atoms with Crippen LogP contribution in [0.4, 0.5) is 0 Å². The van der Waals surface area contributed by atoms with E-state index in [0.29, 0.717) is 18.4 Å². The van der Waals surface area contributed by atoms with Crippen molar-refractivity contribution in [2.45, 2.75) is 18.9 Å². The molecule has 2 amide bonds. The summed E-state index contributed by atoms with van der Waals surface area (Å²) < 4.78 is 5.19. The number of benzene rings is 3. The van der Waals surface area contributed by atoms with E-state index in [9.17, 15) is 14.4 Å². The second kappa shape index (κ2) is 9.71. The maximum atomic E-state index is 13.9. The van der Waals surface area contributed by atoms with E-state index in [-0.39, 0.29) is 17.7 Å². The number of carbonyl (C=O) groups is 3. The molecule has 0 N–H and O–H groups in total. The normalized spacial score (nSPS) is 23.1. The molecule has 1 saturated heterocycles. The minimum Gasteiger partial charge on any atom is -0.469 e. The van der Waals surface area contributed by atoms with Crippen molar-refractivity contribution >= 4 is 17.8 Å². The van der Waals surface area contributed by atoms with Gasteiger partial charge in [-0.15, -0.1) is 0 Å². The molecule has 1 aliphatic carbocycles. The number of methoxy groups -OCH3 is 1. The molecule has 1 heterocycles. The molecule has 1 aliphatic heterocycles. The second-order valence-electron chi connectivity index (χ2n) is 9.16. The fourth-order valence-corrected chi connectivity index (χ4v) is 5.56. The van der Waals surface area contributed by atoms with Crippen molar-refractivity contribution < 1.29 is 19.1 Å². The molecule has 5 rings (SSSR count). The molecule has 5 heteroatoms. The van der Waals surface area contributed by atoms with Gasteiger partial charge in [-0.1, -0.05) is 84.9 Å². The Kier molecular flexibility index (Phi) is 6.32. The highest BCUT2D eigenvalue weighted by Crippen LogP contribution is 2.47. The van der Waals surface area contributed by atoms with Crippen molar-refractivity contribution in [2.24, 2.45) is 17.8 Å². The van der Waals surface area contributed by atoms with Crippen molar-refractivity contribution in [1.82, 2.24) is 4.90 Å². The molecular weight excluding hydrogens is 438 g/mol. The van der Waals surface area contributed by atoms with Gasteiger partial charge in [0.2, 0.25) is 5.91 Å². The quantitative estimate of drug-likeness (QED) is 0.306. The molecule has 2 bridgehead atoms. The first-order valence-electron chi connectivity index (χ1n) is 11.9. The minimum absolute atomic E-state index is 0.225. The van der Waals surface area contributed by atoms with Crippen LogP contribution in [0, 0.1) is 17.8 Å². The fourth-order valence-electron chi connectivity index (χ4n) is 5.56. The third-order valence-electron chi connectivity index (χ3n) is 7.08. The van der Waals surface area contributed by atoms with Crippen molar-refractivity contribution in [3.8, 4) is 0 Å². The lowest BCUT2D eigenvalue weighted by Crippen LogP contribution is -2.44. The van der Waals surface area contributed by atoms with Crippen LogP contribution < -0.4 is 0 Å². The summed E-state index contributed by atoms with van der Waals surface area (Å²) in [4.78, 5) is 42.0. The Morgan fingerprint density at radius 2 is 1.40 bits per heavy atom. The zero-order valence-corrected chi connectivity index (χ0v) is 19.5. The van der Waals surface area contributed by atoms with Gasteiger partial charge in [0.15, 0.2) is 0 Å². The smallest absolute Gasteiger partial charge is 0.311 e. The average molecular weight is 466 g/mol. The van der Waals surface area contributed by atoms with E-state index in [1.807, 2.05) is 66.7 Å². The average Bonchev–Trinajstić information content (AvgIpc) is 3.15. The summed E-state index contributed by atoms with van der Waals surface area (Å²) in [6, 6.07) is 28.0. The molecule has 5 nitrogen and oxygen atoms in total. The van der Waals surface area contributed by atoms with E-state index in [1.165, 1.54) is 12.0 Å². The SMILES string of the molecule is COC(=O)C1C2C(=O)N(C(=O)c3ccccc3)C1C(Cc1ccccc1)=CC2Cc1ccccc1. The van der Waals surface area contributed by atoms with Crippen LogP contribution in [0.15, 0.2) is 103 Å². The van der Waals surface area contributed by atoms with Gasteiger partial charge < -0.3 is 4.74 Å². The zero-order valence-electron chi connectivity index (χ0n) is 19.5. The summed E-state index contributed by atoms with van der Waals surface area (Å²) in [5.74, 6) is -2.75. The molecule has 4 unspecified atom stereocenters. The topological polar surface area (TPSA) is 63.7 Å². The maximum Gasteiger partial charge on any atom is 0.311 e. The molecule has 3 aromatic rings. The number of allylic oxidation sites excluding steroid dienone is 1. The van der Waals surface area contributed by atoms with Gasteiger partial charge in [-0.05, 0) is 47.6 Å². The fraction of sp³-hybridized carbons (Fsp3) is 0.233. The van der Waals surface area contributed by atoms with E-state index < -0.39 is 23.8 Å². The number of likely N-dealkylation sites (tertiary alicyclic amines) is 1. The molecule has 0 spiro atoms. The first-order chi connectivity index (χ1) is 17.1. The Labute approximate surface area is 205 Å². The summed E-state index contributed by atoms with van der Waals surface area (Å²) in [7, 11) is 1.34. The van der Waals surface area contributed by atoms with Gasteiger partial charge in [-0.3, -0.25) is 19.3 Å². The van der Waals surface area contributed by atoms with Crippen LogP contribution in [-0.2, 0) is 27.2 Å². The predicted molar refractivity (Wildman–Crippen MR) is 132 cm³/mol. The highest BCUT2D eigenvalue weighted by molar-refractivity contribution is 6.09. The third-order valence-corrected chi connectivity index (χ3v) is 7.08. The van der Waals surface area contributed by atoms with E-state index in [1.54, 1.807) is 24.3 Å². The number of hydrogen-bond donors (Lipinski definition) is 0. The molecule has 4 atom stereocenters. The van der Waals surface area contributed by atoms with Crippen molar-refractivity contribution in [3.05, 3.63) is 119 Å². The van der Waals surface area contributed by atoms with Crippen molar-refractivity contribution in [2.75, 3.05) is 7.11 Å². The number of fused-ring (bicyclic) bond motifs is 2. The van der Waals surface area contributed by atoms with E-state index >= 15 is 0 Å². The second-order valence-corrected chi connectivity index (χ2v) is 9.16. The van der Waals surface area contributed by atoms with Gasteiger partial charge in [0.05, 0.1) is 25.0 Å². The summed E-state index contributed by atoms with van der Waals surface area (Å²) in [6.07, 6.45) is 3.27. The van der Waals surface area contributed by atoms with Crippen molar-refractivity contribution in [3.63, 3.8) is 0 Å². The molecule has 0 saturated carbocycles. The van der Waals surface area contributed by atoms with Crippen molar-refractivity contribution in [1.29, 1.82) is 0 Å². The minimum atomic E-state index is -0.738. The lowest BCUT2D eigenvalue weighted by molar-refractivity contribution is -0.149. The molecule has 0 aromatic heterocycles. The number of carbonyl (C=O) groups excluding carboxylic acids is 3. The summed E-state index contributed by atoms with van der Waals surface area (Å²) >= 11 is 0. The van der Waals surface area contributed by atoms with Crippen LogP contribution in [0.3, 0.4) is 0 Å². The molecule has 0 radical (unpaired) electrons. The van der Waals surface area contributed by atoms with Crippen LogP contribution >= 0.6 is 0 Å². The number of ether oxygens (including phenoxy) is 1. The number of hydrogen-bond acceptors (Lipinski definition) is 4. The monoisotopic (exact) mass is 465 g/mol. The van der Waals surface area contributed by atoms with Crippen LogP contribution in [0.2, 0.25) is 0 Å². The third kappa shape index (κ3) is 4.30. The Bertz CT molecular complexity index is 1250. The Balaban J connectivity index is 1.61. The maximum absolute atomic E-state index is 13.9. The molecular formula is C30H27NO4. The summed E-state index contributed by atoms with van der Waals surface area (Å²) in [5, 5.41) is 0. The van der Waals surface area contributed by atoms with Gasteiger partial charge in [-0.25, -0.2) is 0 Å². The Morgan fingerprint density at radius 1 is 0.829 bits per heavy atom. The van der Waals surface area contributed by atoms with Crippen LogP contribution in [-0.4, -0.2) is 35.8 Å². The molecule has 176 valence electrons. The van der Waals surface area contributed by atoms with Gasteiger partial charge in [0, 0.05) is 5.56 Å². The molecule has 3 aromatic carbocycles. The van der Waals surface area contributed by atoms with Crippen LogP contribution in [0.25, 0.3) is 0 Å². The van der Waals surface area contributed by atoms with Gasteiger partial charge in [0.25, 0.3) is 5.91 Å². The van der Waals surface area contributed by atoms with E-state index in [0.717, 1.165) is 16.7 Å². The van der Waals surface area contributed by atoms with Gasteiger partial charge >= 0.3 is 5.97 Å². The Morgan fingerprint density at radius 3 is 2.00 bits per heavy atom. The lowest BCUT2D eigenvalue weighted by atomic mass is 9.70. The van der Waals surface area contributed by atoms with E-state index in [4.69, 9.17) is 4.74 Å². The summed E-state index contributed by atoms with van der Waals surface area (Å²) in [5.41, 5.74) is 3.47. The first kappa shape index (κ1) is 22.8. The largest absolute Gasteiger partial charge is 0.469 e. The van der Waals surface area contributed by atoms with Crippen LogP contribution in [0.5, 0.6) is 0 Å². The summed E-state index contributed by atoms with van der Waals surface area (Å²) in [6.45, 7) is 0. The van der Waals surface area contributed by atoms with E-state index in [2.05, 4.69) is 6.08 Å². The highest BCUT2D eigenvalue weighted by Gasteiger charge is 2.59. The highest BCUT2D eigenvalue weighted by atomic mass is 16.5. The lowest BCUT2D eigenvalue weighted by Gasteiger charge is -2.33. The van der Waals surface area contributed by atoms with Crippen LogP contribution in [0.1, 0.15) is 21.5 Å². The first-order valence-corrected chi connectivity index (χ1v) is 11.9. The number of esters is 1. The molecule has 1 fully saturated rings. The standard InChI is InChI=1S/C30H27NO4/c1-35-30(34)26-25-23(17-20-11-5-2-6-12-20)19-24(18-21-13-7-3-8-14-21)27(26)31(29(25)33)28(32)22-15-9-4-10-16-22/h2-16,19,23,25-27H,17-18H2,1H3. The molecule has 2 aliphatic rings.